The summed E-state index contributed by atoms with van der Waals surface area (Å²) in [5.74, 6) is -0.184. The van der Waals surface area contributed by atoms with Crippen LogP contribution in [0.3, 0.4) is 0 Å². The standard InChI is InChI=1S/C12H17N5O3S/c1-12(2,3)15-11(18)8-7-13-17-6-5-9(14-10(8)17)16-21(4,19)20/h5-7H,1-4H3,(H,14,16)(H,15,18). The van der Waals surface area contributed by atoms with E-state index in [1.807, 2.05) is 20.8 Å². The van der Waals surface area contributed by atoms with Gasteiger partial charge in [-0.2, -0.15) is 5.10 Å². The smallest absolute Gasteiger partial charge is 0.257 e. The number of sulfonamides is 1. The van der Waals surface area contributed by atoms with E-state index >= 15 is 0 Å². The summed E-state index contributed by atoms with van der Waals surface area (Å²) < 4.78 is 26.1. The van der Waals surface area contributed by atoms with E-state index in [9.17, 15) is 13.2 Å². The Morgan fingerprint density at radius 1 is 1.33 bits per heavy atom. The molecule has 0 saturated carbocycles. The summed E-state index contributed by atoms with van der Waals surface area (Å²) >= 11 is 0. The first kappa shape index (κ1) is 15.2. The van der Waals surface area contributed by atoms with Gasteiger partial charge in [0.15, 0.2) is 5.65 Å². The van der Waals surface area contributed by atoms with Gasteiger partial charge < -0.3 is 5.32 Å². The summed E-state index contributed by atoms with van der Waals surface area (Å²) in [4.78, 5) is 16.3. The van der Waals surface area contributed by atoms with E-state index in [2.05, 4.69) is 20.1 Å². The number of nitrogens with zero attached hydrogens (tertiary/aromatic N) is 3. The first-order valence-electron chi connectivity index (χ1n) is 6.20. The lowest BCUT2D eigenvalue weighted by Crippen LogP contribution is -2.40. The van der Waals surface area contributed by atoms with E-state index in [-0.39, 0.29) is 22.9 Å². The van der Waals surface area contributed by atoms with Crippen molar-refractivity contribution in [1.82, 2.24) is 19.9 Å². The van der Waals surface area contributed by atoms with Gasteiger partial charge in [-0.1, -0.05) is 0 Å². The van der Waals surface area contributed by atoms with Gasteiger partial charge in [0.25, 0.3) is 5.91 Å². The van der Waals surface area contributed by atoms with Crippen molar-refractivity contribution in [3.8, 4) is 0 Å². The Morgan fingerprint density at radius 2 is 2.00 bits per heavy atom. The van der Waals surface area contributed by atoms with Crippen molar-refractivity contribution in [1.29, 1.82) is 0 Å². The Kier molecular flexibility index (Phi) is 3.62. The molecule has 8 nitrogen and oxygen atoms in total. The van der Waals surface area contributed by atoms with E-state index in [4.69, 9.17) is 0 Å². The van der Waals surface area contributed by atoms with Crippen LogP contribution in [0, 0.1) is 0 Å². The molecule has 9 heteroatoms. The van der Waals surface area contributed by atoms with Crippen molar-refractivity contribution in [2.24, 2.45) is 0 Å². The zero-order chi connectivity index (χ0) is 15.8. The molecule has 2 rings (SSSR count). The van der Waals surface area contributed by atoms with Crippen molar-refractivity contribution in [2.75, 3.05) is 11.0 Å². The molecule has 21 heavy (non-hydrogen) atoms. The van der Waals surface area contributed by atoms with Crippen molar-refractivity contribution in [2.45, 2.75) is 26.3 Å². The van der Waals surface area contributed by atoms with E-state index < -0.39 is 15.6 Å². The van der Waals surface area contributed by atoms with Crippen LogP contribution < -0.4 is 10.0 Å². The Labute approximate surface area is 122 Å². The van der Waals surface area contributed by atoms with Crippen molar-refractivity contribution in [3.63, 3.8) is 0 Å². The van der Waals surface area contributed by atoms with Crippen LogP contribution in [-0.4, -0.2) is 40.7 Å². The number of carbonyl (C=O) groups is 1. The maximum atomic E-state index is 12.2. The average Bonchev–Trinajstić information content (AvgIpc) is 2.67. The fraction of sp³-hybridized carbons (Fsp3) is 0.417. The zero-order valence-corrected chi connectivity index (χ0v) is 13.0. The minimum Gasteiger partial charge on any atom is -0.347 e. The first-order chi connectivity index (χ1) is 9.55. The van der Waals surface area contributed by atoms with E-state index in [0.717, 1.165) is 6.26 Å². The molecule has 0 spiro atoms. The Hall–Kier alpha value is -2.16. The summed E-state index contributed by atoms with van der Waals surface area (Å²) in [6.07, 6.45) is 3.96. The molecule has 0 fully saturated rings. The molecule has 1 amide bonds. The highest BCUT2D eigenvalue weighted by Crippen LogP contribution is 2.13. The molecular weight excluding hydrogens is 294 g/mol. The maximum Gasteiger partial charge on any atom is 0.257 e. The summed E-state index contributed by atoms with van der Waals surface area (Å²) in [5, 5.41) is 6.83. The van der Waals surface area contributed by atoms with Gasteiger partial charge in [0.1, 0.15) is 11.4 Å². The fourth-order valence-electron chi connectivity index (χ4n) is 1.68. The molecule has 0 bridgehead atoms. The molecule has 0 unspecified atom stereocenters. The second-order valence-electron chi connectivity index (χ2n) is 5.72. The molecule has 0 atom stereocenters. The summed E-state index contributed by atoms with van der Waals surface area (Å²) in [6, 6.07) is 1.46. The molecule has 0 radical (unpaired) electrons. The van der Waals surface area contributed by atoms with Crippen LogP contribution in [0.2, 0.25) is 0 Å². The number of nitrogens with one attached hydrogen (secondary N) is 2. The minimum absolute atomic E-state index is 0.135. The predicted molar refractivity (Wildman–Crippen MR) is 78.7 cm³/mol. The summed E-state index contributed by atoms with van der Waals surface area (Å²) in [5.41, 5.74) is 0.168. The normalized spacial score (nSPS) is 12.4. The summed E-state index contributed by atoms with van der Waals surface area (Å²) in [6.45, 7) is 5.59. The van der Waals surface area contributed by atoms with Gasteiger partial charge in [-0.3, -0.25) is 9.52 Å². The van der Waals surface area contributed by atoms with Gasteiger partial charge >= 0.3 is 0 Å². The van der Waals surface area contributed by atoms with Crippen molar-refractivity contribution < 1.29 is 13.2 Å². The number of hydrogen-bond acceptors (Lipinski definition) is 5. The number of carbonyl (C=O) groups excluding carboxylic acids is 1. The van der Waals surface area contributed by atoms with E-state index in [0.29, 0.717) is 0 Å². The van der Waals surface area contributed by atoms with Gasteiger partial charge in [0.05, 0.1) is 12.5 Å². The molecular formula is C12H17N5O3S. The lowest BCUT2D eigenvalue weighted by atomic mass is 10.1. The number of aromatic nitrogens is 3. The number of anilines is 1. The highest BCUT2D eigenvalue weighted by Gasteiger charge is 2.20. The van der Waals surface area contributed by atoms with Crippen LogP contribution in [0.4, 0.5) is 5.82 Å². The molecule has 2 aromatic rings. The SMILES string of the molecule is CC(C)(C)NC(=O)c1cnn2ccc(NS(C)(=O)=O)nc12. The molecule has 0 aromatic carbocycles. The average molecular weight is 311 g/mol. The van der Waals surface area contributed by atoms with Crippen molar-refractivity contribution in [3.05, 3.63) is 24.0 Å². The molecule has 114 valence electrons. The molecule has 2 N–H and O–H groups in total. The lowest BCUT2D eigenvalue weighted by Gasteiger charge is -2.19. The van der Waals surface area contributed by atoms with Gasteiger partial charge in [-0.05, 0) is 26.8 Å². The van der Waals surface area contributed by atoms with Crippen LogP contribution in [0.25, 0.3) is 5.65 Å². The fourth-order valence-corrected chi connectivity index (χ4v) is 2.18. The van der Waals surface area contributed by atoms with Gasteiger partial charge in [-0.15, -0.1) is 0 Å². The maximum absolute atomic E-state index is 12.2. The quantitative estimate of drug-likeness (QED) is 0.865. The Bertz CT molecular complexity index is 789. The first-order valence-corrected chi connectivity index (χ1v) is 8.09. The molecule has 2 heterocycles. The van der Waals surface area contributed by atoms with Crippen molar-refractivity contribution >= 4 is 27.4 Å². The third-order valence-corrected chi connectivity index (χ3v) is 2.97. The predicted octanol–water partition coefficient (Wildman–Crippen LogP) is 0.629. The van der Waals surface area contributed by atoms with Gasteiger partial charge in [-0.25, -0.2) is 17.9 Å². The van der Waals surface area contributed by atoms with Crippen LogP contribution >= 0.6 is 0 Å². The van der Waals surface area contributed by atoms with E-state index in [1.165, 1.54) is 23.0 Å². The molecule has 0 aliphatic rings. The van der Waals surface area contributed by atoms with E-state index in [1.54, 1.807) is 0 Å². The van der Waals surface area contributed by atoms with Crippen LogP contribution in [0.1, 0.15) is 31.1 Å². The number of fused-ring (bicyclic) bond motifs is 1. The second kappa shape index (κ2) is 4.99. The highest BCUT2D eigenvalue weighted by molar-refractivity contribution is 7.92. The third kappa shape index (κ3) is 3.91. The van der Waals surface area contributed by atoms with Crippen LogP contribution in [-0.2, 0) is 10.0 Å². The largest absolute Gasteiger partial charge is 0.347 e. The minimum atomic E-state index is -3.43. The Morgan fingerprint density at radius 3 is 2.57 bits per heavy atom. The number of rotatable bonds is 3. The topological polar surface area (TPSA) is 105 Å². The molecule has 0 saturated heterocycles. The molecule has 0 aliphatic heterocycles. The highest BCUT2D eigenvalue weighted by atomic mass is 32.2. The second-order valence-corrected chi connectivity index (χ2v) is 7.47. The van der Waals surface area contributed by atoms with Gasteiger partial charge in [0, 0.05) is 11.7 Å². The van der Waals surface area contributed by atoms with Crippen LogP contribution in [0.15, 0.2) is 18.5 Å². The summed E-state index contributed by atoms with van der Waals surface area (Å²) in [7, 11) is -3.43. The molecule has 2 aromatic heterocycles. The van der Waals surface area contributed by atoms with Gasteiger partial charge in [0.2, 0.25) is 10.0 Å². The lowest BCUT2D eigenvalue weighted by molar-refractivity contribution is 0.0921. The third-order valence-electron chi connectivity index (χ3n) is 2.39. The zero-order valence-electron chi connectivity index (χ0n) is 12.2. The molecule has 0 aliphatic carbocycles. The number of hydrogen-bond donors (Lipinski definition) is 2. The monoisotopic (exact) mass is 311 g/mol. The Balaban J connectivity index is 2.42. The van der Waals surface area contributed by atoms with Crippen LogP contribution in [0.5, 0.6) is 0 Å². The number of amides is 1.